The van der Waals surface area contributed by atoms with Crippen LogP contribution in [0.2, 0.25) is 0 Å². The molecule has 0 saturated carbocycles. The van der Waals surface area contributed by atoms with Gasteiger partial charge in [-0.3, -0.25) is 0 Å². The van der Waals surface area contributed by atoms with E-state index in [0.717, 1.165) is 5.56 Å². The van der Waals surface area contributed by atoms with Crippen LogP contribution in [-0.2, 0) is 10.0 Å². The van der Waals surface area contributed by atoms with Gasteiger partial charge in [-0.05, 0) is 48.7 Å². The summed E-state index contributed by atoms with van der Waals surface area (Å²) in [5.74, 6) is 1.54. The molecular weight excluding hydrogens is 364 g/mol. The number of ether oxygens (including phenoxy) is 2. The SMILES string of the molecule is COc1cc(C(C)NS(=O)(=O)c2cccc(C#N)c2)ccc1OCC(C)C. The van der Waals surface area contributed by atoms with Gasteiger partial charge in [0.1, 0.15) is 0 Å². The Labute approximate surface area is 160 Å². The molecule has 0 fully saturated rings. The van der Waals surface area contributed by atoms with Crippen LogP contribution >= 0.6 is 0 Å². The fourth-order valence-electron chi connectivity index (χ4n) is 2.43. The zero-order chi connectivity index (χ0) is 20.0. The minimum absolute atomic E-state index is 0.0530. The number of benzene rings is 2. The molecule has 27 heavy (non-hydrogen) atoms. The predicted octanol–water partition coefficient (Wildman–Crippen LogP) is 3.64. The van der Waals surface area contributed by atoms with Crippen molar-refractivity contribution in [2.45, 2.75) is 31.7 Å². The van der Waals surface area contributed by atoms with Crippen LogP contribution in [0.15, 0.2) is 47.4 Å². The molecule has 0 bridgehead atoms. The minimum atomic E-state index is -3.76. The summed E-state index contributed by atoms with van der Waals surface area (Å²) < 4.78 is 38.9. The highest BCUT2D eigenvalue weighted by molar-refractivity contribution is 7.89. The van der Waals surface area contributed by atoms with Crippen molar-refractivity contribution in [2.75, 3.05) is 13.7 Å². The van der Waals surface area contributed by atoms with E-state index >= 15 is 0 Å². The van der Waals surface area contributed by atoms with Crippen LogP contribution in [0.4, 0.5) is 0 Å². The van der Waals surface area contributed by atoms with E-state index in [-0.39, 0.29) is 4.90 Å². The van der Waals surface area contributed by atoms with Gasteiger partial charge in [0, 0.05) is 6.04 Å². The molecule has 0 spiro atoms. The van der Waals surface area contributed by atoms with Crippen molar-refractivity contribution in [2.24, 2.45) is 5.92 Å². The maximum absolute atomic E-state index is 12.6. The Hall–Kier alpha value is -2.56. The van der Waals surface area contributed by atoms with Crippen LogP contribution in [0.3, 0.4) is 0 Å². The lowest BCUT2D eigenvalue weighted by Gasteiger charge is -2.18. The molecule has 0 aliphatic carbocycles. The Balaban J connectivity index is 2.21. The lowest BCUT2D eigenvalue weighted by molar-refractivity contribution is 0.256. The largest absolute Gasteiger partial charge is 0.493 e. The molecule has 0 aliphatic rings. The molecule has 7 heteroatoms. The molecule has 0 aromatic heterocycles. The van der Waals surface area contributed by atoms with Crippen LogP contribution in [0.5, 0.6) is 11.5 Å². The van der Waals surface area contributed by atoms with Gasteiger partial charge in [-0.1, -0.05) is 26.0 Å². The third kappa shape index (κ3) is 5.46. The van der Waals surface area contributed by atoms with E-state index in [1.165, 1.54) is 12.1 Å². The lowest BCUT2D eigenvalue weighted by atomic mass is 10.1. The summed E-state index contributed by atoms with van der Waals surface area (Å²) in [5.41, 5.74) is 1.03. The van der Waals surface area contributed by atoms with Crippen molar-refractivity contribution >= 4 is 10.0 Å². The molecule has 0 aliphatic heterocycles. The van der Waals surface area contributed by atoms with Gasteiger partial charge in [-0.2, -0.15) is 5.26 Å². The minimum Gasteiger partial charge on any atom is -0.493 e. The van der Waals surface area contributed by atoms with Crippen LogP contribution in [0.25, 0.3) is 0 Å². The van der Waals surface area contributed by atoms with Crippen molar-refractivity contribution in [3.63, 3.8) is 0 Å². The molecule has 0 amide bonds. The maximum atomic E-state index is 12.6. The molecule has 2 aromatic carbocycles. The molecule has 1 unspecified atom stereocenters. The van der Waals surface area contributed by atoms with E-state index in [1.54, 1.807) is 44.4 Å². The first-order valence-electron chi connectivity index (χ1n) is 8.60. The fourth-order valence-corrected chi connectivity index (χ4v) is 3.71. The predicted molar refractivity (Wildman–Crippen MR) is 103 cm³/mol. The molecule has 144 valence electrons. The van der Waals surface area contributed by atoms with Gasteiger partial charge < -0.3 is 9.47 Å². The van der Waals surface area contributed by atoms with E-state index in [0.29, 0.717) is 29.6 Å². The molecule has 2 aromatic rings. The third-order valence-corrected chi connectivity index (χ3v) is 5.40. The summed E-state index contributed by atoms with van der Waals surface area (Å²) in [6, 6.07) is 12.7. The number of hydrogen-bond acceptors (Lipinski definition) is 5. The number of nitrogens with zero attached hydrogens (tertiary/aromatic N) is 1. The van der Waals surface area contributed by atoms with Crippen LogP contribution in [0.1, 0.15) is 37.9 Å². The second kappa shape index (κ2) is 8.89. The molecule has 0 heterocycles. The summed E-state index contributed by atoms with van der Waals surface area (Å²) in [4.78, 5) is 0.0530. The highest BCUT2D eigenvalue weighted by Crippen LogP contribution is 2.31. The number of nitriles is 1. The average molecular weight is 388 g/mol. The van der Waals surface area contributed by atoms with E-state index in [9.17, 15) is 8.42 Å². The van der Waals surface area contributed by atoms with Crippen LogP contribution < -0.4 is 14.2 Å². The number of nitrogens with one attached hydrogen (secondary N) is 1. The maximum Gasteiger partial charge on any atom is 0.241 e. The Morgan fingerprint density at radius 3 is 2.48 bits per heavy atom. The normalized spacial score (nSPS) is 12.4. The Kier molecular flexibility index (Phi) is 6.83. The Morgan fingerprint density at radius 2 is 1.85 bits per heavy atom. The monoisotopic (exact) mass is 388 g/mol. The third-order valence-electron chi connectivity index (χ3n) is 3.87. The molecule has 0 radical (unpaired) electrons. The molecule has 1 atom stereocenters. The van der Waals surface area contributed by atoms with E-state index in [1.807, 2.05) is 6.07 Å². The fraction of sp³-hybridized carbons (Fsp3) is 0.350. The van der Waals surface area contributed by atoms with Gasteiger partial charge in [0.05, 0.1) is 30.2 Å². The topological polar surface area (TPSA) is 88.4 Å². The molecular formula is C20H24N2O4S. The number of methoxy groups -OCH3 is 1. The van der Waals surface area contributed by atoms with Gasteiger partial charge in [0.2, 0.25) is 10.0 Å². The van der Waals surface area contributed by atoms with E-state index in [2.05, 4.69) is 18.6 Å². The summed E-state index contributed by atoms with van der Waals surface area (Å²) in [6.07, 6.45) is 0. The summed E-state index contributed by atoms with van der Waals surface area (Å²) in [7, 11) is -2.22. The van der Waals surface area contributed by atoms with Crippen LogP contribution in [0, 0.1) is 17.2 Å². The number of rotatable bonds is 8. The lowest BCUT2D eigenvalue weighted by Crippen LogP contribution is -2.27. The van der Waals surface area contributed by atoms with Gasteiger partial charge in [-0.25, -0.2) is 13.1 Å². The standard InChI is InChI=1S/C20H24N2O4S/c1-14(2)13-26-19-9-8-17(11-20(19)25-4)15(3)22-27(23,24)18-7-5-6-16(10-18)12-21/h5-11,14-15,22H,13H2,1-4H3. The van der Waals surface area contributed by atoms with Crippen LogP contribution in [-0.4, -0.2) is 22.1 Å². The number of sulfonamides is 1. The molecule has 0 saturated heterocycles. The second-order valence-electron chi connectivity index (χ2n) is 6.60. The molecule has 2 rings (SSSR count). The van der Waals surface area contributed by atoms with Crippen molar-refractivity contribution in [1.82, 2.24) is 4.72 Å². The highest BCUT2D eigenvalue weighted by atomic mass is 32.2. The van der Waals surface area contributed by atoms with E-state index in [4.69, 9.17) is 14.7 Å². The highest BCUT2D eigenvalue weighted by Gasteiger charge is 2.20. The zero-order valence-corrected chi connectivity index (χ0v) is 16.7. The van der Waals surface area contributed by atoms with Crippen molar-refractivity contribution in [1.29, 1.82) is 5.26 Å². The molecule has 6 nitrogen and oxygen atoms in total. The van der Waals surface area contributed by atoms with Gasteiger partial charge in [0.25, 0.3) is 0 Å². The average Bonchev–Trinajstić information content (AvgIpc) is 2.65. The van der Waals surface area contributed by atoms with Crippen molar-refractivity contribution in [3.05, 3.63) is 53.6 Å². The summed E-state index contributed by atoms with van der Waals surface area (Å²) in [6.45, 7) is 6.42. The first-order chi connectivity index (χ1) is 12.8. The van der Waals surface area contributed by atoms with Gasteiger partial charge >= 0.3 is 0 Å². The first-order valence-corrected chi connectivity index (χ1v) is 10.1. The Bertz CT molecular complexity index is 933. The first kappa shape index (κ1) is 20.7. The van der Waals surface area contributed by atoms with Gasteiger partial charge in [0.15, 0.2) is 11.5 Å². The summed E-state index contributed by atoms with van der Waals surface area (Å²) in [5, 5.41) is 8.96. The van der Waals surface area contributed by atoms with Crippen molar-refractivity contribution < 1.29 is 17.9 Å². The van der Waals surface area contributed by atoms with Crippen molar-refractivity contribution in [3.8, 4) is 17.6 Å². The van der Waals surface area contributed by atoms with E-state index < -0.39 is 16.1 Å². The molecule has 1 N–H and O–H groups in total. The zero-order valence-electron chi connectivity index (χ0n) is 15.9. The Morgan fingerprint density at radius 1 is 1.11 bits per heavy atom. The second-order valence-corrected chi connectivity index (χ2v) is 8.31. The van der Waals surface area contributed by atoms with Gasteiger partial charge in [-0.15, -0.1) is 0 Å². The smallest absolute Gasteiger partial charge is 0.241 e. The summed E-state index contributed by atoms with van der Waals surface area (Å²) >= 11 is 0. The quantitative estimate of drug-likeness (QED) is 0.746. The number of hydrogen-bond donors (Lipinski definition) is 1.